The Hall–Kier alpha value is -0.610. The summed E-state index contributed by atoms with van der Waals surface area (Å²) in [6.45, 7) is 10.3. The molecular formula is C16H30N2O2. The predicted octanol–water partition coefficient (Wildman–Crippen LogP) is 2.04. The molecule has 0 radical (unpaired) electrons. The molecule has 116 valence electrons. The van der Waals surface area contributed by atoms with Crippen LogP contribution < -0.4 is 5.32 Å². The third kappa shape index (κ3) is 4.74. The largest absolute Gasteiger partial charge is 0.465 e. The van der Waals surface area contributed by atoms with Crippen molar-refractivity contribution in [2.75, 3.05) is 26.2 Å². The first-order valence-corrected chi connectivity index (χ1v) is 8.25. The zero-order chi connectivity index (χ0) is 14.5. The monoisotopic (exact) mass is 282 g/mol. The average Bonchev–Trinajstić information content (AvgIpc) is 3.09. The van der Waals surface area contributed by atoms with E-state index in [0.717, 1.165) is 24.8 Å². The summed E-state index contributed by atoms with van der Waals surface area (Å²) in [6, 6.07) is 0.437. The maximum atomic E-state index is 12.0. The van der Waals surface area contributed by atoms with Crippen LogP contribution in [0.5, 0.6) is 0 Å². The molecule has 4 nitrogen and oxygen atoms in total. The van der Waals surface area contributed by atoms with Crippen molar-refractivity contribution in [2.24, 2.45) is 11.8 Å². The number of hydrogen-bond acceptors (Lipinski definition) is 4. The molecule has 2 fully saturated rings. The average molecular weight is 282 g/mol. The van der Waals surface area contributed by atoms with Gasteiger partial charge in [0, 0.05) is 19.1 Å². The molecule has 2 aliphatic rings. The van der Waals surface area contributed by atoms with Crippen LogP contribution >= 0.6 is 0 Å². The summed E-state index contributed by atoms with van der Waals surface area (Å²) < 4.78 is 5.19. The second kappa shape index (κ2) is 7.41. The van der Waals surface area contributed by atoms with Crippen LogP contribution in [0.4, 0.5) is 0 Å². The Morgan fingerprint density at radius 2 is 2.10 bits per heavy atom. The number of esters is 1. The highest BCUT2D eigenvalue weighted by molar-refractivity contribution is 5.75. The van der Waals surface area contributed by atoms with Gasteiger partial charge < -0.3 is 15.0 Å². The molecule has 2 unspecified atom stereocenters. The van der Waals surface area contributed by atoms with Gasteiger partial charge in [-0.2, -0.15) is 0 Å². The van der Waals surface area contributed by atoms with Gasteiger partial charge in [-0.25, -0.2) is 0 Å². The minimum Gasteiger partial charge on any atom is -0.465 e. The first-order chi connectivity index (χ1) is 9.60. The molecule has 0 aromatic carbocycles. The van der Waals surface area contributed by atoms with Crippen LogP contribution in [0, 0.1) is 11.8 Å². The summed E-state index contributed by atoms with van der Waals surface area (Å²) in [7, 11) is 0. The van der Waals surface area contributed by atoms with Crippen LogP contribution in [0.3, 0.4) is 0 Å². The molecule has 1 saturated carbocycles. The molecule has 0 aromatic heterocycles. The molecular weight excluding hydrogens is 252 g/mol. The van der Waals surface area contributed by atoms with Gasteiger partial charge in [-0.1, -0.05) is 13.8 Å². The molecule has 4 heteroatoms. The molecule has 20 heavy (non-hydrogen) atoms. The number of likely N-dealkylation sites (tertiary alicyclic amines) is 1. The topological polar surface area (TPSA) is 41.6 Å². The Morgan fingerprint density at radius 1 is 1.35 bits per heavy atom. The Balaban J connectivity index is 1.75. The zero-order valence-electron chi connectivity index (χ0n) is 13.2. The Morgan fingerprint density at radius 3 is 2.65 bits per heavy atom. The predicted molar refractivity (Wildman–Crippen MR) is 80.6 cm³/mol. The summed E-state index contributed by atoms with van der Waals surface area (Å²) in [4.78, 5) is 14.5. The second-order valence-electron chi connectivity index (χ2n) is 6.63. The highest BCUT2D eigenvalue weighted by Gasteiger charge is 2.30. The standard InChI is InChI=1S/C16H30N2O2/c1-4-20-16(19)15(17-14-5-6-14)8-10-18-9-7-13(11-18)12(2)3/h12-15,17H,4-11H2,1-3H3. The molecule has 0 spiro atoms. The molecule has 0 bridgehead atoms. The number of rotatable bonds is 8. The summed E-state index contributed by atoms with van der Waals surface area (Å²) in [5, 5.41) is 3.43. The van der Waals surface area contributed by atoms with Crippen molar-refractivity contribution < 1.29 is 9.53 Å². The molecule has 0 amide bonds. The number of carbonyl (C=O) groups is 1. The van der Waals surface area contributed by atoms with Gasteiger partial charge in [-0.3, -0.25) is 4.79 Å². The van der Waals surface area contributed by atoms with Gasteiger partial charge in [0.05, 0.1) is 6.61 Å². The number of hydrogen-bond donors (Lipinski definition) is 1. The van der Waals surface area contributed by atoms with Gasteiger partial charge in [0.1, 0.15) is 6.04 Å². The third-order valence-electron chi connectivity index (χ3n) is 4.57. The Labute approximate surface area is 123 Å². The lowest BCUT2D eigenvalue weighted by Crippen LogP contribution is -2.42. The van der Waals surface area contributed by atoms with Gasteiger partial charge >= 0.3 is 5.97 Å². The second-order valence-corrected chi connectivity index (χ2v) is 6.63. The lowest BCUT2D eigenvalue weighted by Gasteiger charge is -2.22. The fourth-order valence-corrected chi connectivity index (χ4v) is 2.97. The van der Waals surface area contributed by atoms with Crippen molar-refractivity contribution in [1.29, 1.82) is 0 Å². The lowest BCUT2D eigenvalue weighted by atomic mass is 9.95. The summed E-state index contributed by atoms with van der Waals surface area (Å²) in [5.41, 5.74) is 0. The number of nitrogens with one attached hydrogen (secondary N) is 1. The Kier molecular flexibility index (Phi) is 5.85. The zero-order valence-corrected chi connectivity index (χ0v) is 13.2. The summed E-state index contributed by atoms with van der Waals surface area (Å²) in [6.07, 6.45) is 4.59. The van der Waals surface area contributed by atoms with Crippen molar-refractivity contribution >= 4 is 5.97 Å². The fourth-order valence-electron chi connectivity index (χ4n) is 2.97. The quantitative estimate of drug-likeness (QED) is 0.692. The summed E-state index contributed by atoms with van der Waals surface area (Å²) in [5.74, 6) is 1.52. The van der Waals surface area contributed by atoms with Gasteiger partial charge in [0.15, 0.2) is 0 Å². The first kappa shape index (κ1) is 15.8. The van der Waals surface area contributed by atoms with Crippen LogP contribution in [0.15, 0.2) is 0 Å². The molecule has 1 aliphatic heterocycles. The minimum absolute atomic E-state index is 0.0704. The molecule has 1 heterocycles. The van der Waals surface area contributed by atoms with Crippen LogP contribution in [0.2, 0.25) is 0 Å². The fraction of sp³-hybridized carbons (Fsp3) is 0.938. The van der Waals surface area contributed by atoms with Crippen molar-refractivity contribution in [1.82, 2.24) is 10.2 Å². The van der Waals surface area contributed by atoms with E-state index in [2.05, 4.69) is 24.1 Å². The molecule has 2 atom stereocenters. The van der Waals surface area contributed by atoms with E-state index in [-0.39, 0.29) is 12.0 Å². The van der Waals surface area contributed by atoms with Crippen molar-refractivity contribution in [2.45, 2.75) is 58.5 Å². The molecule has 1 aliphatic carbocycles. The SMILES string of the molecule is CCOC(=O)C(CCN1CCC(C(C)C)C1)NC1CC1. The minimum atomic E-state index is -0.111. The number of carbonyl (C=O) groups excluding carboxylic acids is 1. The van der Waals surface area contributed by atoms with E-state index in [1.807, 2.05) is 6.92 Å². The van der Waals surface area contributed by atoms with Crippen molar-refractivity contribution in [3.63, 3.8) is 0 Å². The normalized spacial score (nSPS) is 25.1. The van der Waals surface area contributed by atoms with E-state index < -0.39 is 0 Å². The van der Waals surface area contributed by atoms with Gasteiger partial charge in [-0.05, 0) is 51.0 Å². The molecule has 1 saturated heterocycles. The smallest absolute Gasteiger partial charge is 0.323 e. The van der Waals surface area contributed by atoms with E-state index in [9.17, 15) is 4.79 Å². The van der Waals surface area contributed by atoms with E-state index >= 15 is 0 Å². The highest BCUT2D eigenvalue weighted by atomic mass is 16.5. The number of nitrogens with zero attached hydrogens (tertiary/aromatic N) is 1. The Bertz CT molecular complexity index is 316. The van der Waals surface area contributed by atoms with Crippen LogP contribution in [0.1, 0.15) is 46.5 Å². The number of ether oxygens (including phenoxy) is 1. The molecule has 0 aromatic rings. The van der Waals surface area contributed by atoms with Crippen molar-refractivity contribution in [3.8, 4) is 0 Å². The lowest BCUT2D eigenvalue weighted by molar-refractivity contribution is -0.146. The van der Waals surface area contributed by atoms with E-state index in [4.69, 9.17) is 4.74 Å². The van der Waals surface area contributed by atoms with E-state index in [1.165, 1.54) is 32.4 Å². The third-order valence-corrected chi connectivity index (χ3v) is 4.57. The maximum Gasteiger partial charge on any atom is 0.323 e. The van der Waals surface area contributed by atoms with Crippen LogP contribution in [-0.4, -0.2) is 49.2 Å². The van der Waals surface area contributed by atoms with Gasteiger partial charge in [-0.15, -0.1) is 0 Å². The van der Waals surface area contributed by atoms with Crippen LogP contribution in [-0.2, 0) is 9.53 Å². The van der Waals surface area contributed by atoms with Crippen LogP contribution in [0.25, 0.3) is 0 Å². The maximum absolute atomic E-state index is 12.0. The summed E-state index contributed by atoms with van der Waals surface area (Å²) >= 11 is 0. The van der Waals surface area contributed by atoms with Gasteiger partial charge in [0.2, 0.25) is 0 Å². The van der Waals surface area contributed by atoms with E-state index in [0.29, 0.717) is 12.6 Å². The van der Waals surface area contributed by atoms with Crippen molar-refractivity contribution in [3.05, 3.63) is 0 Å². The first-order valence-electron chi connectivity index (χ1n) is 8.25. The molecule has 1 N–H and O–H groups in total. The highest BCUT2D eigenvalue weighted by Crippen LogP contribution is 2.24. The molecule has 2 rings (SSSR count). The van der Waals surface area contributed by atoms with Gasteiger partial charge in [0.25, 0.3) is 0 Å². The van der Waals surface area contributed by atoms with E-state index in [1.54, 1.807) is 0 Å².